The third-order valence-electron chi connectivity index (χ3n) is 3.35. The molecule has 0 saturated heterocycles. The Morgan fingerprint density at radius 2 is 1.81 bits per heavy atom. The standard InChI is InChI=1S/C12H24N2O2/c1-3-14(4-2)11(15)16-10-12(13)8-6-5-7-9-12/h3-10,13H2,1-2H3. The molecule has 1 aliphatic rings. The average Bonchev–Trinajstić information content (AvgIpc) is 2.29. The van der Waals surface area contributed by atoms with Crippen molar-refractivity contribution < 1.29 is 9.53 Å². The second-order valence-corrected chi connectivity index (χ2v) is 4.65. The van der Waals surface area contributed by atoms with Crippen molar-refractivity contribution in [3.63, 3.8) is 0 Å². The zero-order valence-electron chi connectivity index (χ0n) is 10.5. The highest BCUT2D eigenvalue weighted by Crippen LogP contribution is 2.26. The summed E-state index contributed by atoms with van der Waals surface area (Å²) >= 11 is 0. The summed E-state index contributed by atoms with van der Waals surface area (Å²) in [6, 6.07) is 0. The van der Waals surface area contributed by atoms with Crippen molar-refractivity contribution in [3.8, 4) is 0 Å². The maximum Gasteiger partial charge on any atom is 0.409 e. The van der Waals surface area contributed by atoms with Crippen LogP contribution >= 0.6 is 0 Å². The zero-order chi connectivity index (χ0) is 12.0. The normalized spacial score (nSPS) is 19.2. The predicted molar refractivity (Wildman–Crippen MR) is 64.3 cm³/mol. The Morgan fingerprint density at radius 3 is 2.31 bits per heavy atom. The molecule has 4 nitrogen and oxygen atoms in total. The van der Waals surface area contributed by atoms with Crippen molar-refractivity contribution in [2.45, 2.75) is 51.5 Å². The lowest BCUT2D eigenvalue weighted by Gasteiger charge is -2.33. The highest BCUT2D eigenvalue weighted by atomic mass is 16.6. The van der Waals surface area contributed by atoms with Gasteiger partial charge in [-0.15, -0.1) is 0 Å². The summed E-state index contributed by atoms with van der Waals surface area (Å²) in [5, 5.41) is 0. The second-order valence-electron chi connectivity index (χ2n) is 4.65. The molecule has 16 heavy (non-hydrogen) atoms. The van der Waals surface area contributed by atoms with Gasteiger partial charge in [0, 0.05) is 13.1 Å². The summed E-state index contributed by atoms with van der Waals surface area (Å²) in [5.41, 5.74) is 5.92. The van der Waals surface area contributed by atoms with E-state index in [1.54, 1.807) is 4.90 Å². The molecule has 4 heteroatoms. The Morgan fingerprint density at radius 1 is 1.25 bits per heavy atom. The van der Waals surface area contributed by atoms with Crippen molar-refractivity contribution in [1.29, 1.82) is 0 Å². The number of carbonyl (C=O) groups is 1. The van der Waals surface area contributed by atoms with E-state index < -0.39 is 0 Å². The quantitative estimate of drug-likeness (QED) is 0.802. The van der Waals surface area contributed by atoms with Gasteiger partial charge < -0.3 is 15.4 Å². The number of nitrogens with two attached hydrogens (primary N) is 1. The number of hydrogen-bond donors (Lipinski definition) is 1. The van der Waals surface area contributed by atoms with Crippen LogP contribution < -0.4 is 5.73 Å². The van der Waals surface area contributed by atoms with E-state index in [1.165, 1.54) is 6.42 Å². The molecule has 0 aromatic heterocycles. The van der Waals surface area contributed by atoms with Gasteiger partial charge in [0.05, 0.1) is 5.54 Å². The second kappa shape index (κ2) is 6.09. The van der Waals surface area contributed by atoms with Gasteiger partial charge in [0.15, 0.2) is 0 Å². The third kappa shape index (κ3) is 3.67. The molecule has 0 bridgehead atoms. The topological polar surface area (TPSA) is 55.6 Å². The molecule has 1 amide bonds. The van der Waals surface area contributed by atoms with E-state index in [1.807, 2.05) is 13.8 Å². The minimum absolute atomic E-state index is 0.236. The maximum absolute atomic E-state index is 11.6. The number of hydrogen-bond acceptors (Lipinski definition) is 3. The van der Waals surface area contributed by atoms with Crippen LogP contribution in [0.5, 0.6) is 0 Å². The van der Waals surface area contributed by atoms with E-state index in [4.69, 9.17) is 10.5 Å². The van der Waals surface area contributed by atoms with E-state index in [2.05, 4.69) is 0 Å². The molecule has 0 aromatic carbocycles. The third-order valence-corrected chi connectivity index (χ3v) is 3.35. The zero-order valence-corrected chi connectivity index (χ0v) is 10.5. The largest absolute Gasteiger partial charge is 0.447 e. The van der Waals surface area contributed by atoms with Gasteiger partial charge in [0.2, 0.25) is 0 Å². The fourth-order valence-corrected chi connectivity index (χ4v) is 2.18. The maximum atomic E-state index is 11.6. The number of ether oxygens (including phenoxy) is 1. The van der Waals surface area contributed by atoms with Crippen LogP contribution in [-0.2, 0) is 4.74 Å². The molecular formula is C12H24N2O2. The first-order chi connectivity index (χ1) is 7.61. The summed E-state index contributed by atoms with van der Waals surface area (Å²) in [6.07, 6.45) is 5.26. The van der Waals surface area contributed by atoms with Crippen LogP contribution in [0, 0.1) is 0 Å². The van der Waals surface area contributed by atoms with E-state index in [-0.39, 0.29) is 11.6 Å². The van der Waals surface area contributed by atoms with Gasteiger partial charge in [-0.05, 0) is 26.7 Å². The predicted octanol–water partition coefficient (Wildman–Crippen LogP) is 2.13. The first-order valence-electron chi connectivity index (χ1n) is 6.32. The van der Waals surface area contributed by atoms with Crippen LogP contribution in [0.2, 0.25) is 0 Å². The molecule has 0 aromatic rings. The molecule has 0 spiro atoms. The molecule has 1 rings (SSSR count). The molecule has 0 aliphatic heterocycles. The SMILES string of the molecule is CCN(CC)C(=O)OCC1(N)CCCCC1. The van der Waals surface area contributed by atoms with Gasteiger partial charge in [-0.3, -0.25) is 0 Å². The van der Waals surface area contributed by atoms with Gasteiger partial charge in [-0.2, -0.15) is 0 Å². The summed E-state index contributed by atoms with van der Waals surface area (Å²) in [6.45, 7) is 5.63. The number of nitrogens with zero attached hydrogens (tertiary/aromatic N) is 1. The Labute approximate surface area is 98.1 Å². The molecule has 0 atom stereocenters. The summed E-state index contributed by atoms with van der Waals surface area (Å²) in [4.78, 5) is 13.3. The van der Waals surface area contributed by atoms with E-state index >= 15 is 0 Å². The average molecular weight is 228 g/mol. The van der Waals surface area contributed by atoms with Crippen LogP contribution in [0.4, 0.5) is 4.79 Å². The highest BCUT2D eigenvalue weighted by Gasteiger charge is 2.29. The van der Waals surface area contributed by atoms with Crippen molar-refractivity contribution in [3.05, 3.63) is 0 Å². The highest BCUT2D eigenvalue weighted by molar-refractivity contribution is 5.67. The van der Waals surface area contributed by atoms with Crippen molar-refractivity contribution >= 4 is 6.09 Å². The molecule has 2 N–H and O–H groups in total. The Balaban J connectivity index is 2.35. The molecule has 94 valence electrons. The van der Waals surface area contributed by atoms with Crippen LogP contribution in [-0.4, -0.2) is 36.2 Å². The van der Waals surface area contributed by atoms with Gasteiger partial charge in [-0.25, -0.2) is 4.79 Å². The summed E-state index contributed by atoms with van der Waals surface area (Å²) in [5.74, 6) is 0. The van der Waals surface area contributed by atoms with Gasteiger partial charge in [-0.1, -0.05) is 19.3 Å². The Kier molecular flexibility index (Phi) is 5.06. The van der Waals surface area contributed by atoms with Crippen LogP contribution in [0.1, 0.15) is 46.0 Å². The lowest BCUT2D eigenvalue weighted by atomic mass is 9.83. The van der Waals surface area contributed by atoms with Crippen LogP contribution in [0.15, 0.2) is 0 Å². The van der Waals surface area contributed by atoms with Crippen molar-refractivity contribution in [2.75, 3.05) is 19.7 Å². The lowest BCUT2D eigenvalue weighted by molar-refractivity contribution is 0.0728. The number of rotatable bonds is 4. The van der Waals surface area contributed by atoms with E-state index in [0.717, 1.165) is 25.7 Å². The molecule has 0 heterocycles. The first-order valence-corrected chi connectivity index (χ1v) is 6.32. The molecule has 1 fully saturated rings. The van der Waals surface area contributed by atoms with E-state index in [9.17, 15) is 4.79 Å². The molecule has 1 saturated carbocycles. The van der Waals surface area contributed by atoms with Crippen molar-refractivity contribution in [1.82, 2.24) is 4.90 Å². The number of amides is 1. The van der Waals surface area contributed by atoms with Gasteiger partial charge >= 0.3 is 6.09 Å². The molecule has 0 radical (unpaired) electrons. The summed E-state index contributed by atoms with van der Waals surface area (Å²) < 4.78 is 5.29. The minimum Gasteiger partial charge on any atom is -0.447 e. The lowest BCUT2D eigenvalue weighted by Crippen LogP contribution is -2.47. The monoisotopic (exact) mass is 228 g/mol. The summed E-state index contributed by atoms with van der Waals surface area (Å²) in [7, 11) is 0. The molecule has 1 aliphatic carbocycles. The van der Waals surface area contributed by atoms with Crippen LogP contribution in [0.25, 0.3) is 0 Å². The Bertz CT molecular complexity index is 221. The van der Waals surface area contributed by atoms with Crippen molar-refractivity contribution in [2.24, 2.45) is 5.73 Å². The van der Waals surface area contributed by atoms with Gasteiger partial charge in [0.25, 0.3) is 0 Å². The smallest absolute Gasteiger partial charge is 0.409 e. The fraction of sp³-hybridized carbons (Fsp3) is 0.917. The number of carbonyl (C=O) groups excluding carboxylic acids is 1. The first kappa shape index (κ1) is 13.3. The van der Waals surface area contributed by atoms with Crippen LogP contribution in [0.3, 0.4) is 0 Å². The van der Waals surface area contributed by atoms with Gasteiger partial charge in [0.1, 0.15) is 6.61 Å². The molecular weight excluding hydrogens is 204 g/mol. The minimum atomic E-state index is -0.277. The molecule has 0 unspecified atom stereocenters. The van der Waals surface area contributed by atoms with E-state index in [0.29, 0.717) is 19.7 Å². The fourth-order valence-electron chi connectivity index (χ4n) is 2.18. The Hall–Kier alpha value is -0.770.